The highest BCUT2D eigenvalue weighted by Gasteiger charge is 2.20. The first kappa shape index (κ1) is 16.4. The third-order valence-electron chi connectivity index (χ3n) is 3.68. The van der Waals surface area contributed by atoms with Gasteiger partial charge in [0.05, 0.1) is 14.2 Å². The Morgan fingerprint density at radius 1 is 1.19 bits per heavy atom. The van der Waals surface area contributed by atoms with Crippen LogP contribution in [0.25, 0.3) is 0 Å². The number of hydrogen-bond acceptors (Lipinski definition) is 5. The van der Waals surface area contributed by atoms with Crippen molar-refractivity contribution in [2.75, 3.05) is 46.7 Å². The van der Waals surface area contributed by atoms with Crippen LogP contribution in [-0.4, -0.2) is 60.8 Å². The van der Waals surface area contributed by atoms with E-state index in [1.165, 1.54) is 0 Å². The predicted molar refractivity (Wildman–Crippen MR) is 92.5 cm³/mol. The topological polar surface area (TPSA) is 24.9 Å². The standard InChI is InChI=1S/C15H22N2O2S2/c1-18-13-6-4-5-12(14(13)19-2)11-16-7-9-17(10-8-16)15(20)21-3/h4-6H,7-11H2,1-3H3. The molecule has 0 amide bonds. The molecule has 0 atom stereocenters. The van der Waals surface area contributed by atoms with E-state index in [1.807, 2.05) is 18.4 Å². The summed E-state index contributed by atoms with van der Waals surface area (Å²) in [6.45, 7) is 4.89. The molecule has 1 aromatic carbocycles. The Hall–Kier alpha value is -0.980. The fourth-order valence-electron chi connectivity index (χ4n) is 2.54. The first-order chi connectivity index (χ1) is 10.2. The molecule has 6 heteroatoms. The van der Waals surface area contributed by atoms with Gasteiger partial charge in [-0.25, -0.2) is 0 Å². The summed E-state index contributed by atoms with van der Waals surface area (Å²) in [5.41, 5.74) is 1.16. The third kappa shape index (κ3) is 4.02. The summed E-state index contributed by atoms with van der Waals surface area (Å²) in [6, 6.07) is 6.03. The molecule has 1 saturated heterocycles. The van der Waals surface area contributed by atoms with Crippen molar-refractivity contribution in [2.45, 2.75) is 6.54 Å². The molecule has 0 spiro atoms. The molecule has 1 aliphatic rings. The fourth-order valence-corrected chi connectivity index (χ4v) is 3.16. The monoisotopic (exact) mass is 326 g/mol. The molecule has 2 rings (SSSR count). The van der Waals surface area contributed by atoms with E-state index >= 15 is 0 Å². The minimum atomic E-state index is 0.789. The van der Waals surface area contributed by atoms with Crippen molar-refractivity contribution >= 4 is 28.3 Å². The van der Waals surface area contributed by atoms with Gasteiger partial charge < -0.3 is 14.4 Å². The van der Waals surface area contributed by atoms with Crippen LogP contribution in [0.3, 0.4) is 0 Å². The van der Waals surface area contributed by atoms with E-state index in [9.17, 15) is 0 Å². The average Bonchev–Trinajstić information content (AvgIpc) is 2.54. The first-order valence-electron chi connectivity index (χ1n) is 6.94. The van der Waals surface area contributed by atoms with Crippen molar-refractivity contribution in [1.29, 1.82) is 0 Å². The number of thiocarbonyl (C=S) groups is 1. The van der Waals surface area contributed by atoms with Crippen molar-refractivity contribution in [1.82, 2.24) is 9.80 Å². The SMILES string of the molecule is COc1cccc(CN2CCN(C(=S)SC)CC2)c1OC. The molecule has 1 aliphatic heterocycles. The van der Waals surface area contributed by atoms with Gasteiger partial charge in [0.2, 0.25) is 0 Å². The van der Waals surface area contributed by atoms with E-state index in [4.69, 9.17) is 21.7 Å². The van der Waals surface area contributed by atoms with Crippen LogP contribution in [0.2, 0.25) is 0 Å². The molecular formula is C15H22N2O2S2. The summed E-state index contributed by atoms with van der Waals surface area (Å²) < 4.78 is 11.9. The van der Waals surface area contributed by atoms with Crippen molar-refractivity contribution < 1.29 is 9.47 Å². The van der Waals surface area contributed by atoms with Gasteiger partial charge in [-0.3, -0.25) is 4.90 Å². The Kier molecular flexibility index (Phi) is 6.14. The number of nitrogens with zero attached hydrogens (tertiary/aromatic N) is 2. The highest BCUT2D eigenvalue weighted by atomic mass is 32.2. The number of para-hydroxylation sites is 1. The molecule has 0 N–H and O–H groups in total. The van der Waals surface area contributed by atoms with E-state index < -0.39 is 0 Å². The molecule has 1 fully saturated rings. The minimum Gasteiger partial charge on any atom is -0.493 e. The Bertz CT molecular complexity index is 489. The van der Waals surface area contributed by atoms with Gasteiger partial charge in [-0.05, 0) is 12.3 Å². The van der Waals surface area contributed by atoms with Crippen molar-refractivity contribution in [2.24, 2.45) is 0 Å². The van der Waals surface area contributed by atoms with Gasteiger partial charge in [-0.15, -0.1) is 11.8 Å². The van der Waals surface area contributed by atoms with E-state index in [-0.39, 0.29) is 0 Å². The molecular weight excluding hydrogens is 304 g/mol. The molecule has 1 aromatic rings. The Morgan fingerprint density at radius 2 is 1.90 bits per heavy atom. The summed E-state index contributed by atoms with van der Waals surface area (Å²) >= 11 is 7.00. The number of rotatable bonds is 4. The van der Waals surface area contributed by atoms with Crippen LogP contribution in [0.5, 0.6) is 11.5 Å². The number of benzene rings is 1. The van der Waals surface area contributed by atoms with Crippen LogP contribution in [0.1, 0.15) is 5.56 Å². The van der Waals surface area contributed by atoms with Gasteiger partial charge >= 0.3 is 0 Å². The molecule has 0 radical (unpaired) electrons. The van der Waals surface area contributed by atoms with Gasteiger partial charge in [0, 0.05) is 38.3 Å². The van der Waals surface area contributed by atoms with Crippen molar-refractivity contribution in [3.8, 4) is 11.5 Å². The fraction of sp³-hybridized carbons (Fsp3) is 0.533. The second-order valence-corrected chi connectivity index (χ2v) is 6.33. The quantitative estimate of drug-likeness (QED) is 0.788. The van der Waals surface area contributed by atoms with E-state index in [0.717, 1.165) is 54.1 Å². The zero-order valence-corrected chi connectivity index (χ0v) is 14.4. The van der Waals surface area contributed by atoms with Gasteiger partial charge in [-0.2, -0.15) is 0 Å². The number of ether oxygens (including phenoxy) is 2. The summed E-state index contributed by atoms with van der Waals surface area (Å²) in [4.78, 5) is 4.70. The van der Waals surface area contributed by atoms with E-state index in [2.05, 4.69) is 15.9 Å². The maximum Gasteiger partial charge on any atom is 0.165 e. The molecule has 0 saturated carbocycles. The lowest BCUT2D eigenvalue weighted by Crippen LogP contribution is -2.47. The normalized spacial score (nSPS) is 15.9. The average molecular weight is 326 g/mol. The number of hydrogen-bond donors (Lipinski definition) is 0. The Labute approximate surface area is 136 Å². The molecule has 0 aromatic heterocycles. The van der Waals surface area contributed by atoms with Crippen molar-refractivity contribution in [3.05, 3.63) is 23.8 Å². The minimum absolute atomic E-state index is 0.789. The van der Waals surface area contributed by atoms with Crippen LogP contribution in [0, 0.1) is 0 Å². The molecule has 0 unspecified atom stereocenters. The van der Waals surface area contributed by atoms with Gasteiger partial charge in [0.25, 0.3) is 0 Å². The summed E-state index contributed by atoms with van der Waals surface area (Å²) in [6.07, 6.45) is 2.04. The highest BCUT2D eigenvalue weighted by molar-refractivity contribution is 8.22. The van der Waals surface area contributed by atoms with E-state index in [1.54, 1.807) is 26.0 Å². The molecule has 21 heavy (non-hydrogen) atoms. The lowest BCUT2D eigenvalue weighted by atomic mass is 10.1. The van der Waals surface area contributed by atoms with Crippen LogP contribution in [0.4, 0.5) is 0 Å². The maximum atomic E-state index is 5.50. The molecule has 116 valence electrons. The lowest BCUT2D eigenvalue weighted by molar-refractivity contribution is 0.177. The van der Waals surface area contributed by atoms with E-state index in [0.29, 0.717) is 0 Å². The van der Waals surface area contributed by atoms with Crippen molar-refractivity contribution in [3.63, 3.8) is 0 Å². The Morgan fingerprint density at radius 3 is 2.48 bits per heavy atom. The highest BCUT2D eigenvalue weighted by Crippen LogP contribution is 2.31. The number of thioether (sulfide) groups is 1. The summed E-state index contributed by atoms with van der Waals surface area (Å²) in [5.74, 6) is 1.62. The van der Waals surface area contributed by atoms with Gasteiger partial charge in [-0.1, -0.05) is 24.4 Å². The lowest BCUT2D eigenvalue weighted by Gasteiger charge is -2.35. The molecule has 0 aliphatic carbocycles. The zero-order chi connectivity index (χ0) is 15.2. The van der Waals surface area contributed by atoms with Crippen LogP contribution >= 0.6 is 24.0 Å². The van der Waals surface area contributed by atoms with Gasteiger partial charge in [0.1, 0.15) is 4.32 Å². The second kappa shape index (κ2) is 7.87. The summed E-state index contributed by atoms with van der Waals surface area (Å²) in [7, 11) is 3.36. The first-order valence-corrected chi connectivity index (χ1v) is 8.58. The number of methoxy groups -OCH3 is 2. The maximum absolute atomic E-state index is 5.50. The molecule has 1 heterocycles. The smallest absolute Gasteiger partial charge is 0.165 e. The largest absolute Gasteiger partial charge is 0.493 e. The molecule has 4 nitrogen and oxygen atoms in total. The number of piperazine rings is 1. The predicted octanol–water partition coefficient (Wildman–Crippen LogP) is 2.47. The van der Waals surface area contributed by atoms with Gasteiger partial charge in [0.15, 0.2) is 11.5 Å². The Balaban J connectivity index is 1.99. The summed E-state index contributed by atoms with van der Waals surface area (Å²) in [5, 5.41) is 0. The molecule has 0 bridgehead atoms. The third-order valence-corrected chi connectivity index (χ3v) is 5.05. The zero-order valence-electron chi connectivity index (χ0n) is 12.8. The van der Waals surface area contributed by atoms with Crippen LogP contribution in [0.15, 0.2) is 18.2 Å². The second-order valence-electron chi connectivity index (χ2n) is 4.89. The van der Waals surface area contributed by atoms with Crippen LogP contribution < -0.4 is 9.47 Å². The van der Waals surface area contributed by atoms with Crippen LogP contribution in [-0.2, 0) is 6.54 Å².